The molecule has 0 saturated heterocycles. The summed E-state index contributed by atoms with van der Waals surface area (Å²) in [4.78, 5) is 15.7. The SMILES string of the molecule is CN(NC(=O)c1ccncc1)c1ccccc1. The number of carbonyl (C=O) groups is 1. The molecule has 1 aromatic heterocycles. The van der Waals surface area contributed by atoms with Crippen LogP contribution < -0.4 is 10.4 Å². The van der Waals surface area contributed by atoms with Gasteiger partial charge in [-0.05, 0) is 24.3 Å². The summed E-state index contributed by atoms with van der Waals surface area (Å²) in [6.45, 7) is 0. The molecule has 1 heterocycles. The third-order valence-electron chi connectivity index (χ3n) is 2.36. The van der Waals surface area contributed by atoms with Crippen molar-refractivity contribution in [3.05, 3.63) is 60.4 Å². The van der Waals surface area contributed by atoms with Crippen molar-refractivity contribution in [2.75, 3.05) is 12.1 Å². The quantitative estimate of drug-likeness (QED) is 0.814. The largest absolute Gasteiger partial charge is 0.288 e. The number of nitrogens with one attached hydrogen (secondary N) is 1. The molecule has 0 bridgehead atoms. The van der Waals surface area contributed by atoms with E-state index in [9.17, 15) is 4.79 Å². The molecule has 2 rings (SSSR count). The predicted molar refractivity (Wildman–Crippen MR) is 66.5 cm³/mol. The molecule has 0 aliphatic carbocycles. The second-order valence-corrected chi connectivity index (χ2v) is 3.57. The van der Waals surface area contributed by atoms with Crippen LogP contribution in [-0.2, 0) is 0 Å². The first-order valence-electron chi connectivity index (χ1n) is 5.27. The van der Waals surface area contributed by atoms with Gasteiger partial charge in [0.15, 0.2) is 0 Å². The molecule has 1 amide bonds. The number of amides is 1. The van der Waals surface area contributed by atoms with Gasteiger partial charge in [0.05, 0.1) is 5.69 Å². The molecular formula is C13H13N3O. The van der Waals surface area contributed by atoms with Crippen LogP contribution in [0.15, 0.2) is 54.9 Å². The fourth-order valence-electron chi connectivity index (χ4n) is 1.44. The van der Waals surface area contributed by atoms with E-state index in [1.165, 1.54) is 0 Å². The maximum Gasteiger partial charge on any atom is 0.269 e. The lowest BCUT2D eigenvalue weighted by atomic mass is 10.2. The summed E-state index contributed by atoms with van der Waals surface area (Å²) in [6.07, 6.45) is 3.19. The number of aromatic nitrogens is 1. The van der Waals surface area contributed by atoms with Gasteiger partial charge in [0.1, 0.15) is 0 Å². The normalized spacial score (nSPS) is 9.71. The molecule has 0 saturated carbocycles. The molecule has 86 valence electrons. The predicted octanol–water partition coefficient (Wildman–Crippen LogP) is 1.86. The zero-order chi connectivity index (χ0) is 12.1. The van der Waals surface area contributed by atoms with Gasteiger partial charge in [0.25, 0.3) is 5.91 Å². The number of anilines is 1. The Morgan fingerprint density at radius 1 is 1.12 bits per heavy atom. The van der Waals surface area contributed by atoms with Crippen molar-refractivity contribution in [1.82, 2.24) is 10.4 Å². The molecule has 2 aromatic rings. The minimum Gasteiger partial charge on any atom is -0.288 e. The minimum absolute atomic E-state index is 0.154. The van der Waals surface area contributed by atoms with Gasteiger partial charge in [0, 0.05) is 25.0 Å². The molecule has 0 atom stereocenters. The summed E-state index contributed by atoms with van der Waals surface area (Å²) in [5, 5.41) is 1.68. The highest BCUT2D eigenvalue weighted by atomic mass is 16.2. The lowest BCUT2D eigenvalue weighted by Crippen LogP contribution is -2.39. The van der Waals surface area contributed by atoms with Gasteiger partial charge in [-0.2, -0.15) is 0 Å². The van der Waals surface area contributed by atoms with E-state index in [0.29, 0.717) is 5.56 Å². The summed E-state index contributed by atoms with van der Waals surface area (Å²) in [5.41, 5.74) is 4.29. The van der Waals surface area contributed by atoms with E-state index >= 15 is 0 Å². The molecule has 0 radical (unpaired) electrons. The summed E-state index contributed by atoms with van der Waals surface area (Å²) >= 11 is 0. The highest BCUT2D eigenvalue weighted by Crippen LogP contribution is 2.09. The molecule has 0 fully saturated rings. The summed E-state index contributed by atoms with van der Waals surface area (Å²) in [7, 11) is 1.80. The zero-order valence-corrected chi connectivity index (χ0v) is 9.50. The number of pyridine rings is 1. The number of nitrogens with zero attached hydrogens (tertiary/aromatic N) is 2. The van der Waals surface area contributed by atoms with Gasteiger partial charge in [-0.15, -0.1) is 0 Å². The Labute approximate surface area is 99.9 Å². The molecule has 0 aliphatic heterocycles. The number of hydrogen-bond acceptors (Lipinski definition) is 3. The van der Waals surface area contributed by atoms with Crippen molar-refractivity contribution >= 4 is 11.6 Å². The van der Waals surface area contributed by atoms with E-state index in [4.69, 9.17) is 0 Å². The molecule has 4 heteroatoms. The smallest absolute Gasteiger partial charge is 0.269 e. The Hall–Kier alpha value is -2.36. The van der Waals surface area contributed by atoms with E-state index < -0.39 is 0 Å². The molecule has 1 aromatic carbocycles. The van der Waals surface area contributed by atoms with Crippen LogP contribution in [0.3, 0.4) is 0 Å². The number of hydrogen-bond donors (Lipinski definition) is 1. The van der Waals surface area contributed by atoms with Crippen LogP contribution in [0.25, 0.3) is 0 Å². The number of hydrazine groups is 1. The summed E-state index contributed by atoms with van der Waals surface area (Å²) < 4.78 is 0. The third-order valence-corrected chi connectivity index (χ3v) is 2.36. The van der Waals surface area contributed by atoms with Gasteiger partial charge in [0.2, 0.25) is 0 Å². The van der Waals surface area contributed by atoms with Crippen LogP contribution >= 0.6 is 0 Å². The second-order valence-electron chi connectivity index (χ2n) is 3.57. The number of carbonyl (C=O) groups excluding carboxylic acids is 1. The highest BCUT2D eigenvalue weighted by molar-refractivity contribution is 5.94. The first kappa shape index (κ1) is 11.1. The molecule has 1 N–H and O–H groups in total. The van der Waals surface area contributed by atoms with Crippen molar-refractivity contribution in [3.63, 3.8) is 0 Å². The van der Waals surface area contributed by atoms with Crippen LogP contribution in [0.4, 0.5) is 5.69 Å². The van der Waals surface area contributed by atoms with Gasteiger partial charge >= 0.3 is 0 Å². The van der Waals surface area contributed by atoms with Gasteiger partial charge in [-0.1, -0.05) is 18.2 Å². The Kier molecular flexibility index (Phi) is 3.35. The molecule has 17 heavy (non-hydrogen) atoms. The lowest BCUT2D eigenvalue weighted by Gasteiger charge is -2.20. The topological polar surface area (TPSA) is 45.2 Å². The van der Waals surface area contributed by atoms with Crippen LogP contribution in [-0.4, -0.2) is 17.9 Å². The average molecular weight is 227 g/mol. The summed E-state index contributed by atoms with van der Waals surface area (Å²) in [5.74, 6) is -0.154. The third kappa shape index (κ3) is 2.81. The van der Waals surface area contributed by atoms with Crippen LogP contribution in [0, 0.1) is 0 Å². The monoisotopic (exact) mass is 227 g/mol. The first-order valence-corrected chi connectivity index (χ1v) is 5.27. The Morgan fingerprint density at radius 2 is 1.76 bits per heavy atom. The van der Waals surface area contributed by atoms with Crippen LogP contribution in [0.5, 0.6) is 0 Å². The van der Waals surface area contributed by atoms with Crippen molar-refractivity contribution in [2.24, 2.45) is 0 Å². The van der Waals surface area contributed by atoms with E-state index in [2.05, 4.69) is 10.4 Å². The van der Waals surface area contributed by atoms with Crippen molar-refractivity contribution < 1.29 is 4.79 Å². The van der Waals surface area contributed by atoms with Crippen LogP contribution in [0.2, 0.25) is 0 Å². The zero-order valence-electron chi connectivity index (χ0n) is 9.50. The Morgan fingerprint density at radius 3 is 2.41 bits per heavy atom. The van der Waals surface area contributed by atoms with E-state index in [0.717, 1.165) is 5.69 Å². The molecule has 4 nitrogen and oxygen atoms in total. The number of rotatable bonds is 3. The van der Waals surface area contributed by atoms with Crippen LogP contribution in [0.1, 0.15) is 10.4 Å². The maximum absolute atomic E-state index is 11.8. The average Bonchev–Trinajstić information content (AvgIpc) is 2.40. The van der Waals surface area contributed by atoms with Gasteiger partial charge in [-0.25, -0.2) is 0 Å². The number of benzene rings is 1. The van der Waals surface area contributed by atoms with Gasteiger partial charge < -0.3 is 0 Å². The van der Waals surface area contributed by atoms with E-state index in [1.807, 2.05) is 30.3 Å². The maximum atomic E-state index is 11.8. The fraction of sp³-hybridized carbons (Fsp3) is 0.0769. The second kappa shape index (κ2) is 5.12. The van der Waals surface area contributed by atoms with Crippen molar-refractivity contribution in [3.8, 4) is 0 Å². The Bertz CT molecular complexity index is 485. The lowest BCUT2D eigenvalue weighted by molar-refractivity contribution is 0.0951. The molecule has 0 aliphatic rings. The van der Waals surface area contributed by atoms with E-state index in [1.54, 1.807) is 36.6 Å². The van der Waals surface area contributed by atoms with Gasteiger partial charge in [-0.3, -0.25) is 20.2 Å². The molecule has 0 spiro atoms. The van der Waals surface area contributed by atoms with Crippen molar-refractivity contribution in [1.29, 1.82) is 0 Å². The standard InChI is InChI=1S/C13H13N3O/c1-16(12-5-3-2-4-6-12)15-13(17)11-7-9-14-10-8-11/h2-10H,1H3,(H,15,17). The molecular weight excluding hydrogens is 214 g/mol. The fourth-order valence-corrected chi connectivity index (χ4v) is 1.44. The first-order chi connectivity index (χ1) is 8.27. The highest BCUT2D eigenvalue weighted by Gasteiger charge is 2.07. The minimum atomic E-state index is -0.154. The summed E-state index contributed by atoms with van der Waals surface area (Å²) in [6, 6.07) is 13.0. The van der Waals surface area contributed by atoms with E-state index in [-0.39, 0.29) is 5.91 Å². The number of para-hydroxylation sites is 1. The van der Waals surface area contributed by atoms with Crippen molar-refractivity contribution in [2.45, 2.75) is 0 Å². The Balaban J connectivity index is 2.05. The molecule has 0 unspecified atom stereocenters.